The maximum atomic E-state index is 10.5. The average molecular weight is 724 g/mol. The van der Waals surface area contributed by atoms with Crippen molar-refractivity contribution in [2.24, 2.45) is 0 Å². The summed E-state index contributed by atoms with van der Waals surface area (Å²) in [4.78, 5) is 0. The van der Waals surface area contributed by atoms with Crippen LogP contribution in [0, 0.1) is 0 Å². The fraction of sp³-hybridized carbons (Fsp3) is 0.0556. The summed E-state index contributed by atoms with van der Waals surface area (Å²) < 4.78 is -0.860. The third-order valence-corrected chi connectivity index (χ3v) is 12.0. The summed E-state index contributed by atoms with van der Waals surface area (Å²) in [6, 6.07) is 57.6. The fourth-order valence-electron chi connectivity index (χ4n) is 4.69. The summed E-state index contributed by atoms with van der Waals surface area (Å²) in [6.45, 7) is 1.84. The van der Waals surface area contributed by atoms with Crippen LogP contribution in [0.3, 0.4) is 0 Å². The van der Waals surface area contributed by atoms with Crippen LogP contribution in [-0.2, 0) is 20.7 Å². The van der Waals surface area contributed by atoms with Gasteiger partial charge in [-0.25, -0.2) is 20.1 Å². The molecule has 0 amide bonds. The largest absolute Gasteiger partial charge is 0.747 e. The van der Waals surface area contributed by atoms with Gasteiger partial charge in [0.25, 0.3) is 0 Å². The van der Waals surface area contributed by atoms with Crippen LogP contribution in [0.25, 0.3) is 0 Å². The van der Waals surface area contributed by atoms with Gasteiger partial charge in [0, 0.05) is 17.1 Å². The quantitative estimate of drug-likeness (QED) is 0.0624. The molecule has 0 aromatic heterocycles. The number of rotatable bonds is 7. The monoisotopic (exact) mass is 724 g/mol. The molecule has 0 aliphatic carbocycles. The Bertz CT molecular complexity index is 1480. The molecule has 212 valence electrons. The third kappa shape index (κ3) is 8.14. The van der Waals surface area contributed by atoms with Crippen molar-refractivity contribution in [3.8, 4) is 0 Å². The molecule has 0 aliphatic rings. The first-order valence-corrected chi connectivity index (χ1v) is 17.0. The summed E-state index contributed by atoms with van der Waals surface area (Å²) in [5, 5.41) is 18.6. The van der Waals surface area contributed by atoms with E-state index < -0.39 is 19.5 Å². The van der Waals surface area contributed by atoms with Crippen molar-refractivity contribution in [1.29, 1.82) is 0 Å². The van der Waals surface area contributed by atoms with E-state index in [-0.39, 0.29) is 17.1 Å². The van der Waals surface area contributed by atoms with E-state index in [1.807, 2.05) is 31.2 Å². The SMILES string of the molecule is C[C@](O)(I)[c-]1cccc1P(c1ccccc1)c1ccccc1.[Fe].c1ccc(P(c2ccccc2)[c-]2[cH-][cH-][cH-][cH-]2)cc1. The molecule has 0 saturated carbocycles. The van der Waals surface area contributed by atoms with Crippen LogP contribution in [0.4, 0.5) is 0 Å². The van der Waals surface area contributed by atoms with Gasteiger partial charge in [0.05, 0.1) is 3.61 Å². The van der Waals surface area contributed by atoms with Crippen molar-refractivity contribution in [3.05, 3.63) is 169 Å². The zero-order valence-electron chi connectivity index (χ0n) is 22.7. The molecule has 0 heterocycles. The standard InChI is InChI=1S/C19H17IOP.C17H14P.Fe/c1-19(20,21)17-13-8-14-18(17)22(15-9-4-2-5-10-15)16-11-6-3-7-12-16;1-3-9-15(10-4-1)18(17-13-7-8-14-17)16-11-5-2-6-12-16;/h2-14,21H,1H3;1-14H;/q-1;-5;/t19-;;/m1../s1. The van der Waals surface area contributed by atoms with Gasteiger partial charge in [0.15, 0.2) is 0 Å². The second-order valence-corrected chi connectivity index (χ2v) is 15.9. The van der Waals surface area contributed by atoms with Crippen LogP contribution in [0.15, 0.2) is 164 Å². The summed E-state index contributed by atoms with van der Waals surface area (Å²) in [5.41, 5.74) is 1.01. The number of halogens is 1. The molecule has 6 aromatic rings. The normalized spacial score (nSPS) is 12.2. The molecular weight excluding hydrogens is 693 g/mol. The number of hydrogen-bond acceptors (Lipinski definition) is 1. The molecule has 41 heavy (non-hydrogen) atoms. The van der Waals surface area contributed by atoms with Crippen LogP contribution >= 0.6 is 38.4 Å². The summed E-state index contributed by atoms with van der Waals surface area (Å²) in [6.07, 6.45) is 0. The van der Waals surface area contributed by atoms with E-state index in [9.17, 15) is 5.11 Å². The van der Waals surface area contributed by atoms with Gasteiger partial charge in [0.2, 0.25) is 0 Å². The molecule has 0 saturated heterocycles. The van der Waals surface area contributed by atoms with Crippen LogP contribution < -0.4 is 31.8 Å². The minimum atomic E-state index is -0.860. The Labute approximate surface area is 270 Å². The van der Waals surface area contributed by atoms with Gasteiger partial charge < -0.3 is 34.7 Å². The smallest absolute Gasteiger partial charge is 0.0952 e. The molecule has 0 bridgehead atoms. The fourth-order valence-corrected chi connectivity index (χ4v) is 10.2. The number of aliphatic hydroxyl groups is 1. The van der Waals surface area contributed by atoms with Crippen LogP contribution in [0.2, 0.25) is 0 Å². The predicted octanol–water partition coefficient (Wildman–Crippen LogP) is 6.92. The number of alkyl halides is 1. The molecule has 1 nitrogen and oxygen atoms in total. The van der Waals surface area contributed by atoms with Crippen molar-refractivity contribution in [2.75, 3.05) is 0 Å². The Kier molecular flexibility index (Phi) is 11.7. The zero-order chi connectivity index (χ0) is 27.8. The Morgan fingerprint density at radius 2 is 1.00 bits per heavy atom. The zero-order valence-corrected chi connectivity index (χ0v) is 27.7. The van der Waals surface area contributed by atoms with Crippen molar-refractivity contribution in [1.82, 2.24) is 0 Å². The Morgan fingerprint density at radius 3 is 1.39 bits per heavy atom. The third-order valence-electron chi connectivity index (χ3n) is 6.49. The Hall–Kier alpha value is -2.35. The van der Waals surface area contributed by atoms with Crippen LogP contribution in [0.5, 0.6) is 0 Å². The minimum Gasteiger partial charge on any atom is -0.747 e. The first kappa shape index (κ1) is 31.6. The van der Waals surface area contributed by atoms with Gasteiger partial charge in [-0.3, -0.25) is 0 Å². The molecule has 0 spiro atoms. The van der Waals surface area contributed by atoms with Gasteiger partial charge in [0.1, 0.15) is 0 Å². The predicted molar refractivity (Wildman–Crippen MR) is 185 cm³/mol. The van der Waals surface area contributed by atoms with E-state index >= 15 is 0 Å². The molecular formula is C36H31FeIOP2-6. The number of benzene rings is 4. The van der Waals surface area contributed by atoms with Crippen molar-refractivity contribution < 1.29 is 22.2 Å². The van der Waals surface area contributed by atoms with Gasteiger partial charge in [-0.05, 0) is 25.5 Å². The van der Waals surface area contributed by atoms with E-state index in [0.29, 0.717) is 0 Å². The Morgan fingerprint density at radius 1 is 0.610 bits per heavy atom. The molecule has 0 fully saturated rings. The van der Waals surface area contributed by atoms with E-state index in [1.165, 1.54) is 31.8 Å². The topological polar surface area (TPSA) is 20.2 Å². The minimum absolute atomic E-state index is 0. The molecule has 6 rings (SSSR count). The van der Waals surface area contributed by atoms with Crippen LogP contribution in [0.1, 0.15) is 12.5 Å². The second kappa shape index (κ2) is 15.2. The van der Waals surface area contributed by atoms with Crippen molar-refractivity contribution in [2.45, 2.75) is 10.5 Å². The average Bonchev–Trinajstić information content (AvgIpc) is 3.70. The summed E-state index contributed by atoms with van der Waals surface area (Å²) >= 11 is 2.10. The number of hydrogen-bond donors (Lipinski definition) is 1. The van der Waals surface area contributed by atoms with E-state index in [0.717, 1.165) is 5.56 Å². The maximum Gasteiger partial charge on any atom is 0.0952 e. The summed E-state index contributed by atoms with van der Waals surface area (Å²) in [7, 11) is -1.07. The molecule has 0 radical (unpaired) electrons. The Balaban J connectivity index is 0.000000188. The van der Waals surface area contributed by atoms with Gasteiger partial charge in [-0.2, -0.15) is 6.07 Å². The summed E-state index contributed by atoms with van der Waals surface area (Å²) in [5.74, 6) is 0. The first-order chi connectivity index (χ1) is 19.5. The van der Waals surface area contributed by atoms with Gasteiger partial charge >= 0.3 is 0 Å². The molecule has 0 unspecified atom stereocenters. The second-order valence-electron chi connectivity index (χ2n) is 9.43. The molecule has 1 N–H and O–H groups in total. The molecule has 1 atom stereocenters. The van der Waals surface area contributed by atoms with Crippen molar-refractivity contribution in [3.63, 3.8) is 0 Å². The van der Waals surface area contributed by atoms with Gasteiger partial charge in [-0.1, -0.05) is 155 Å². The van der Waals surface area contributed by atoms with Crippen LogP contribution in [-0.4, -0.2) is 5.11 Å². The van der Waals surface area contributed by atoms with E-state index in [4.69, 9.17) is 0 Å². The first-order valence-electron chi connectivity index (χ1n) is 13.2. The molecule has 5 heteroatoms. The van der Waals surface area contributed by atoms with E-state index in [1.54, 1.807) is 0 Å². The van der Waals surface area contributed by atoms with E-state index in [2.05, 4.69) is 162 Å². The molecule has 6 aromatic carbocycles. The van der Waals surface area contributed by atoms with Crippen molar-refractivity contribution >= 4 is 70.3 Å². The maximum absolute atomic E-state index is 10.5. The van der Waals surface area contributed by atoms with Gasteiger partial charge in [-0.15, -0.1) is 10.9 Å². The molecule has 0 aliphatic heterocycles.